The average molecular weight is 269 g/mol. The second-order valence-electron chi connectivity index (χ2n) is 3.68. The van der Waals surface area contributed by atoms with Gasteiger partial charge in [-0.3, -0.25) is 0 Å². The molecular weight excluding hydrogens is 256 g/mol. The van der Waals surface area contributed by atoms with E-state index in [2.05, 4.69) is 22.1 Å². The van der Waals surface area contributed by atoms with E-state index in [1.165, 1.54) is 11.3 Å². The first-order valence-corrected chi connectivity index (χ1v) is 6.64. The maximum Gasteiger partial charge on any atom is 0.203 e. The van der Waals surface area contributed by atoms with E-state index >= 15 is 0 Å². The van der Waals surface area contributed by atoms with Crippen LogP contribution >= 0.6 is 22.9 Å². The molecule has 0 fully saturated rings. The van der Waals surface area contributed by atoms with Gasteiger partial charge in [0.1, 0.15) is 10.2 Å². The molecule has 0 bridgehead atoms. The van der Waals surface area contributed by atoms with E-state index in [0.717, 1.165) is 35.4 Å². The summed E-state index contributed by atoms with van der Waals surface area (Å²) in [6.45, 7) is 2.15. The SMILES string of the molecule is CCCCc1c(-c2nnc(N)s2)ccnc1Cl. The van der Waals surface area contributed by atoms with Crippen molar-refractivity contribution in [3.8, 4) is 10.6 Å². The van der Waals surface area contributed by atoms with Crippen molar-refractivity contribution in [3.63, 3.8) is 0 Å². The summed E-state index contributed by atoms with van der Waals surface area (Å²) in [5, 5.41) is 9.70. The minimum Gasteiger partial charge on any atom is -0.374 e. The van der Waals surface area contributed by atoms with E-state index in [1.54, 1.807) is 6.20 Å². The quantitative estimate of drug-likeness (QED) is 0.865. The molecule has 2 heterocycles. The zero-order valence-corrected chi connectivity index (χ0v) is 11.1. The van der Waals surface area contributed by atoms with Crippen molar-refractivity contribution in [1.82, 2.24) is 15.2 Å². The van der Waals surface area contributed by atoms with E-state index in [0.29, 0.717) is 10.3 Å². The van der Waals surface area contributed by atoms with E-state index in [1.807, 2.05) is 6.07 Å². The molecule has 0 aliphatic rings. The van der Waals surface area contributed by atoms with Gasteiger partial charge in [0.25, 0.3) is 0 Å². The number of halogens is 1. The fraction of sp³-hybridized carbons (Fsp3) is 0.364. The molecule has 4 nitrogen and oxygen atoms in total. The molecule has 17 heavy (non-hydrogen) atoms. The van der Waals surface area contributed by atoms with Crippen LogP contribution in [0.1, 0.15) is 25.3 Å². The van der Waals surface area contributed by atoms with Gasteiger partial charge in [-0.2, -0.15) is 0 Å². The normalized spacial score (nSPS) is 10.7. The van der Waals surface area contributed by atoms with Gasteiger partial charge in [0.15, 0.2) is 0 Å². The fourth-order valence-electron chi connectivity index (χ4n) is 1.60. The van der Waals surface area contributed by atoms with E-state index < -0.39 is 0 Å². The van der Waals surface area contributed by atoms with Gasteiger partial charge in [-0.1, -0.05) is 36.3 Å². The predicted molar refractivity (Wildman–Crippen MR) is 71.2 cm³/mol. The van der Waals surface area contributed by atoms with Crippen molar-refractivity contribution in [2.24, 2.45) is 0 Å². The lowest BCUT2D eigenvalue weighted by molar-refractivity contribution is 0.793. The third-order valence-corrected chi connectivity index (χ3v) is 3.57. The summed E-state index contributed by atoms with van der Waals surface area (Å²) in [6.07, 6.45) is 4.78. The standard InChI is InChI=1S/C11H13ClN4S/c1-2-3-4-7-8(5-6-14-9(7)12)10-15-16-11(13)17-10/h5-6H,2-4H2,1H3,(H2,13,16). The number of hydrogen-bond donors (Lipinski definition) is 1. The minimum absolute atomic E-state index is 0.467. The number of aromatic nitrogens is 3. The molecular formula is C11H13ClN4S. The molecule has 2 aromatic rings. The van der Waals surface area contributed by atoms with Crippen LogP contribution in [0.4, 0.5) is 5.13 Å². The molecule has 6 heteroatoms. The van der Waals surface area contributed by atoms with Gasteiger partial charge in [0.05, 0.1) is 0 Å². The van der Waals surface area contributed by atoms with Crippen LogP contribution in [-0.2, 0) is 6.42 Å². The maximum atomic E-state index is 6.14. The number of anilines is 1. The van der Waals surface area contributed by atoms with E-state index in [9.17, 15) is 0 Å². The zero-order chi connectivity index (χ0) is 12.3. The topological polar surface area (TPSA) is 64.7 Å². The Labute approximate surface area is 109 Å². The predicted octanol–water partition coefficient (Wildman–Crippen LogP) is 3.18. The lowest BCUT2D eigenvalue weighted by atomic mass is 10.1. The van der Waals surface area contributed by atoms with Gasteiger partial charge < -0.3 is 5.73 Å². The Morgan fingerprint density at radius 2 is 2.24 bits per heavy atom. The first-order chi connectivity index (χ1) is 8.22. The summed E-state index contributed by atoms with van der Waals surface area (Å²) in [5.74, 6) is 0. The monoisotopic (exact) mass is 268 g/mol. The first kappa shape index (κ1) is 12.3. The smallest absolute Gasteiger partial charge is 0.203 e. The van der Waals surface area contributed by atoms with Gasteiger partial charge in [-0.15, -0.1) is 10.2 Å². The Bertz CT molecular complexity index is 512. The van der Waals surface area contributed by atoms with E-state index in [-0.39, 0.29) is 0 Å². The molecule has 0 aliphatic carbocycles. The highest BCUT2D eigenvalue weighted by atomic mass is 35.5. The highest BCUT2D eigenvalue weighted by Crippen LogP contribution is 2.31. The van der Waals surface area contributed by atoms with Crippen molar-refractivity contribution in [2.45, 2.75) is 26.2 Å². The number of nitrogens with zero attached hydrogens (tertiary/aromatic N) is 3. The van der Waals surface area contributed by atoms with E-state index in [4.69, 9.17) is 17.3 Å². The molecule has 0 aromatic carbocycles. The molecule has 90 valence electrons. The molecule has 0 atom stereocenters. The lowest BCUT2D eigenvalue weighted by Gasteiger charge is -2.07. The van der Waals surface area contributed by atoms with Crippen molar-refractivity contribution in [3.05, 3.63) is 23.0 Å². The molecule has 0 aliphatic heterocycles. The fourth-order valence-corrected chi connectivity index (χ4v) is 2.52. The van der Waals surface area contributed by atoms with Crippen LogP contribution in [-0.4, -0.2) is 15.2 Å². The summed E-state index contributed by atoms with van der Waals surface area (Å²) < 4.78 is 0. The van der Waals surface area contributed by atoms with Crippen LogP contribution < -0.4 is 5.73 Å². The lowest BCUT2D eigenvalue weighted by Crippen LogP contribution is -1.94. The molecule has 0 radical (unpaired) electrons. The third kappa shape index (κ3) is 2.73. The Hall–Kier alpha value is -1.20. The number of rotatable bonds is 4. The molecule has 2 rings (SSSR count). The van der Waals surface area contributed by atoms with Gasteiger partial charge >= 0.3 is 0 Å². The summed E-state index contributed by atoms with van der Waals surface area (Å²) in [4.78, 5) is 4.12. The second kappa shape index (κ2) is 5.42. The van der Waals surface area contributed by atoms with Gasteiger partial charge in [0, 0.05) is 11.8 Å². The van der Waals surface area contributed by atoms with Crippen molar-refractivity contribution >= 4 is 28.1 Å². The molecule has 0 saturated heterocycles. The van der Waals surface area contributed by atoms with Crippen molar-refractivity contribution in [1.29, 1.82) is 0 Å². The highest BCUT2D eigenvalue weighted by molar-refractivity contribution is 7.18. The molecule has 0 amide bonds. The zero-order valence-electron chi connectivity index (χ0n) is 9.48. The largest absolute Gasteiger partial charge is 0.374 e. The van der Waals surface area contributed by atoms with Crippen LogP contribution in [0, 0.1) is 0 Å². The Morgan fingerprint density at radius 1 is 1.41 bits per heavy atom. The minimum atomic E-state index is 0.467. The highest BCUT2D eigenvalue weighted by Gasteiger charge is 2.13. The summed E-state index contributed by atoms with van der Waals surface area (Å²) in [7, 11) is 0. The molecule has 2 aromatic heterocycles. The number of hydrogen-bond acceptors (Lipinski definition) is 5. The van der Waals surface area contributed by atoms with Gasteiger partial charge in [0.2, 0.25) is 5.13 Å². The van der Waals surface area contributed by atoms with Crippen LogP contribution in [0.5, 0.6) is 0 Å². The number of pyridine rings is 1. The average Bonchev–Trinajstić information content (AvgIpc) is 2.74. The van der Waals surface area contributed by atoms with Gasteiger partial charge in [-0.05, 0) is 24.5 Å². The Morgan fingerprint density at radius 3 is 2.88 bits per heavy atom. The van der Waals surface area contributed by atoms with Crippen LogP contribution in [0.2, 0.25) is 5.15 Å². The second-order valence-corrected chi connectivity index (χ2v) is 5.04. The number of nitrogens with two attached hydrogens (primary N) is 1. The summed E-state index contributed by atoms with van der Waals surface area (Å²) in [6, 6.07) is 1.91. The van der Waals surface area contributed by atoms with Crippen molar-refractivity contribution < 1.29 is 0 Å². The number of unbranched alkanes of at least 4 members (excludes halogenated alkanes) is 1. The third-order valence-electron chi connectivity index (χ3n) is 2.45. The Balaban J connectivity index is 2.42. The summed E-state index contributed by atoms with van der Waals surface area (Å²) >= 11 is 7.50. The molecule has 2 N–H and O–H groups in total. The molecule has 0 unspecified atom stereocenters. The first-order valence-electron chi connectivity index (χ1n) is 5.45. The maximum absolute atomic E-state index is 6.14. The Kier molecular flexibility index (Phi) is 3.91. The van der Waals surface area contributed by atoms with Crippen LogP contribution in [0.3, 0.4) is 0 Å². The van der Waals surface area contributed by atoms with Crippen LogP contribution in [0.15, 0.2) is 12.3 Å². The molecule has 0 saturated carbocycles. The summed E-state index contributed by atoms with van der Waals surface area (Å²) in [5.41, 5.74) is 7.63. The van der Waals surface area contributed by atoms with Crippen molar-refractivity contribution in [2.75, 3.05) is 5.73 Å². The number of nitrogen functional groups attached to an aromatic ring is 1. The van der Waals surface area contributed by atoms with Crippen LogP contribution in [0.25, 0.3) is 10.6 Å². The molecule has 0 spiro atoms. The van der Waals surface area contributed by atoms with Gasteiger partial charge in [-0.25, -0.2) is 4.98 Å².